The number of ether oxygens (including phenoxy) is 2. The Morgan fingerprint density at radius 2 is 1.78 bits per heavy atom. The number of pyridine rings is 1. The van der Waals surface area contributed by atoms with Gasteiger partial charge in [0.1, 0.15) is 17.2 Å². The summed E-state index contributed by atoms with van der Waals surface area (Å²) in [6.07, 6.45) is 3.37. The molecule has 4 nitrogen and oxygen atoms in total. The van der Waals surface area contributed by atoms with E-state index in [2.05, 4.69) is 4.98 Å². The van der Waals surface area contributed by atoms with Gasteiger partial charge in [0, 0.05) is 18.5 Å². The first-order valence-electron chi connectivity index (χ1n) is 7.03. The lowest BCUT2D eigenvalue weighted by Gasteiger charge is -2.10. The van der Waals surface area contributed by atoms with Crippen molar-refractivity contribution in [3.8, 4) is 28.4 Å². The second-order valence-corrected chi connectivity index (χ2v) is 5.47. The summed E-state index contributed by atoms with van der Waals surface area (Å²) in [5.41, 5.74) is 2.17. The van der Waals surface area contributed by atoms with Gasteiger partial charge in [-0.05, 0) is 47.3 Å². The van der Waals surface area contributed by atoms with Gasteiger partial charge in [0.2, 0.25) is 0 Å². The van der Waals surface area contributed by atoms with Crippen molar-refractivity contribution >= 4 is 11.9 Å². The molecule has 0 aliphatic heterocycles. The Morgan fingerprint density at radius 1 is 0.957 bits per heavy atom. The van der Waals surface area contributed by atoms with Crippen LogP contribution in [0.2, 0.25) is 0 Å². The molecule has 0 bridgehead atoms. The number of benzene rings is 2. The first-order valence-corrected chi connectivity index (χ1v) is 7.91. The molecule has 5 heteroatoms. The summed E-state index contributed by atoms with van der Waals surface area (Å²) in [4.78, 5) is 4.84. The van der Waals surface area contributed by atoms with Gasteiger partial charge in [-0.3, -0.25) is 10.1 Å². The van der Waals surface area contributed by atoms with Gasteiger partial charge in [0.25, 0.3) is 0 Å². The second kappa shape index (κ2) is 7.17. The van der Waals surface area contributed by atoms with Crippen molar-refractivity contribution in [2.24, 2.45) is 5.14 Å². The molecule has 0 radical (unpaired) electrons. The topological polar surface area (TPSA) is 57.4 Å². The second-order valence-electron chi connectivity index (χ2n) is 4.80. The van der Waals surface area contributed by atoms with Crippen LogP contribution in [0.4, 0.5) is 0 Å². The Bertz CT molecular complexity index is 791. The van der Waals surface area contributed by atoms with Gasteiger partial charge in [0.15, 0.2) is 0 Å². The van der Waals surface area contributed by atoms with Crippen molar-refractivity contribution in [3.05, 3.63) is 67.0 Å². The molecule has 3 aromatic rings. The van der Waals surface area contributed by atoms with Crippen LogP contribution < -0.4 is 14.6 Å². The normalized spacial score (nSPS) is 10.3. The molecule has 0 spiro atoms. The number of aromatic nitrogens is 1. The fourth-order valence-corrected chi connectivity index (χ4v) is 2.54. The minimum absolute atomic E-state index is 0.694. The maximum absolute atomic E-state index is 5.94. The van der Waals surface area contributed by atoms with Crippen molar-refractivity contribution in [2.45, 2.75) is 4.90 Å². The van der Waals surface area contributed by atoms with Crippen LogP contribution in [0.5, 0.6) is 17.2 Å². The number of nitrogens with two attached hydrogens (primary N) is 1. The maximum atomic E-state index is 5.94. The molecule has 0 fully saturated rings. The van der Waals surface area contributed by atoms with Crippen LogP contribution in [0.3, 0.4) is 0 Å². The zero-order valence-electron chi connectivity index (χ0n) is 12.6. The molecule has 0 amide bonds. The molecule has 0 aliphatic rings. The largest absolute Gasteiger partial charge is 0.497 e. The third-order valence-corrected chi connectivity index (χ3v) is 3.92. The summed E-state index contributed by atoms with van der Waals surface area (Å²) in [6, 6.07) is 17.6. The molecule has 2 aromatic carbocycles. The number of methoxy groups -OCH3 is 1. The van der Waals surface area contributed by atoms with E-state index in [1.54, 1.807) is 25.6 Å². The van der Waals surface area contributed by atoms with Crippen molar-refractivity contribution in [2.75, 3.05) is 7.11 Å². The van der Waals surface area contributed by atoms with E-state index in [0.29, 0.717) is 5.75 Å². The van der Waals surface area contributed by atoms with Crippen LogP contribution in [0, 0.1) is 0 Å². The van der Waals surface area contributed by atoms with Crippen molar-refractivity contribution < 1.29 is 9.47 Å². The van der Waals surface area contributed by atoms with Crippen LogP contribution in [0.25, 0.3) is 11.1 Å². The van der Waals surface area contributed by atoms with E-state index in [1.807, 2.05) is 48.5 Å². The molecule has 0 unspecified atom stereocenters. The van der Waals surface area contributed by atoms with Gasteiger partial charge in [-0.2, -0.15) is 0 Å². The van der Waals surface area contributed by atoms with Crippen LogP contribution in [-0.2, 0) is 0 Å². The smallest absolute Gasteiger partial charge is 0.145 e. The van der Waals surface area contributed by atoms with Crippen molar-refractivity contribution in [1.29, 1.82) is 0 Å². The highest BCUT2D eigenvalue weighted by molar-refractivity contribution is 7.97. The van der Waals surface area contributed by atoms with Gasteiger partial charge in [-0.25, -0.2) is 0 Å². The molecule has 3 rings (SSSR count). The molecule has 0 saturated heterocycles. The highest BCUT2D eigenvalue weighted by Gasteiger charge is 2.06. The molecule has 0 aliphatic carbocycles. The highest BCUT2D eigenvalue weighted by Crippen LogP contribution is 2.32. The van der Waals surface area contributed by atoms with Gasteiger partial charge >= 0.3 is 0 Å². The van der Waals surface area contributed by atoms with E-state index in [4.69, 9.17) is 14.6 Å². The van der Waals surface area contributed by atoms with Crippen LogP contribution in [-0.4, -0.2) is 12.1 Å². The summed E-state index contributed by atoms with van der Waals surface area (Å²) < 4.78 is 11.1. The first-order chi connectivity index (χ1) is 11.3. The fourth-order valence-electron chi connectivity index (χ4n) is 2.19. The Labute approximate surface area is 139 Å². The summed E-state index contributed by atoms with van der Waals surface area (Å²) in [5.74, 6) is 2.28. The van der Waals surface area contributed by atoms with E-state index >= 15 is 0 Å². The lowest BCUT2D eigenvalue weighted by Crippen LogP contribution is -1.90. The lowest BCUT2D eigenvalue weighted by molar-refractivity contribution is 0.415. The molecule has 1 heterocycles. The minimum atomic E-state index is 0.694. The first kappa shape index (κ1) is 15.4. The van der Waals surface area contributed by atoms with Gasteiger partial charge in [-0.15, -0.1) is 0 Å². The predicted octanol–water partition coefficient (Wildman–Crippen LogP) is 4.52. The Morgan fingerprint density at radius 3 is 2.52 bits per heavy atom. The monoisotopic (exact) mass is 324 g/mol. The van der Waals surface area contributed by atoms with E-state index in [0.717, 1.165) is 39.5 Å². The Hall–Kier alpha value is -2.50. The number of hydrogen-bond donors (Lipinski definition) is 1. The standard InChI is InChI=1S/C18H16N2O2S/c1-21-15-7-5-13(6-8-15)14-3-2-4-16(11-14)22-17-9-10-20-12-18(17)23-19/h2-12H,19H2,1H3. The molecular weight excluding hydrogens is 308 g/mol. The number of nitrogens with zero attached hydrogens (tertiary/aromatic N) is 1. The SMILES string of the molecule is COc1ccc(-c2cccc(Oc3ccncc3SN)c2)cc1. The van der Waals surface area contributed by atoms with Crippen LogP contribution in [0.15, 0.2) is 71.9 Å². The van der Waals surface area contributed by atoms with Crippen LogP contribution in [0.1, 0.15) is 0 Å². The maximum Gasteiger partial charge on any atom is 0.145 e. The average Bonchev–Trinajstić information content (AvgIpc) is 2.62. The van der Waals surface area contributed by atoms with E-state index in [-0.39, 0.29) is 0 Å². The average molecular weight is 324 g/mol. The highest BCUT2D eigenvalue weighted by atomic mass is 32.2. The molecule has 23 heavy (non-hydrogen) atoms. The third kappa shape index (κ3) is 3.64. The molecule has 116 valence electrons. The Kier molecular flexibility index (Phi) is 4.80. The number of rotatable bonds is 5. The fraction of sp³-hybridized carbons (Fsp3) is 0.0556. The van der Waals surface area contributed by atoms with E-state index in [9.17, 15) is 0 Å². The Balaban J connectivity index is 1.87. The molecular formula is C18H16N2O2S. The molecule has 1 aromatic heterocycles. The van der Waals surface area contributed by atoms with E-state index in [1.165, 1.54) is 0 Å². The van der Waals surface area contributed by atoms with Crippen molar-refractivity contribution in [3.63, 3.8) is 0 Å². The summed E-state index contributed by atoms with van der Waals surface area (Å²) in [7, 11) is 1.66. The third-order valence-electron chi connectivity index (χ3n) is 3.36. The lowest BCUT2D eigenvalue weighted by atomic mass is 10.1. The van der Waals surface area contributed by atoms with Crippen LogP contribution >= 0.6 is 11.9 Å². The zero-order valence-corrected chi connectivity index (χ0v) is 13.4. The van der Waals surface area contributed by atoms with Gasteiger partial charge in [0.05, 0.1) is 12.0 Å². The van der Waals surface area contributed by atoms with Gasteiger partial charge in [-0.1, -0.05) is 24.3 Å². The summed E-state index contributed by atoms with van der Waals surface area (Å²) >= 11 is 1.12. The summed E-state index contributed by atoms with van der Waals surface area (Å²) in [5, 5.41) is 5.64. The summed E-state index contributed by atoms with van der Waals surface area (Å²) in [6.45, 7) is 0. The quantitative estimate of drug-likeness (QED) is 0.700. The molecule has 0 atom stereocenters. The predicted molar refractivity (Wildman–Crippen MR) is 92.8 cm³/mol. The molecule has 0 saturated carbocycles. The van der Waals surface area contributed by atoms with Crippen molar-refractivity contribution in [1.82, 2.24) is 4.98 Å². The zero-order chi connectivity index (χ0) is 16.1. The molecule has 2 N–H and O–H groups in total. The van der Waals surface area contributed by atoms with Gasteiger partial charge < -0.3 is 9.47 Å². The van der Waals surface area contributed by atoms with E-state index < -0.39 is 0 Å². The number of hydrogen-bond acceptors (Lipinski definition) is 5. The minimum Gasteiger partial charge on any atom is -0.497 e.